The van der Waals surface area contributed by atoms with Gasteiger partial charge in [-0.2, -0.15) is 15.2 Å². The number of piperazine rings is 1. The number of amides is 1. The fraction of sp³-hybridized carbons (Fsp3) is 0.455. The number of aromatic nitrogens is 2. The van der Waals surface area contributed by atoms with Crippen LogP contribution >= 0.6 is 0 Å². The Morgan fingerprint density at radius 2 is 1.95 bits per heavy atom. The number of aliphatic hydroxyl groups is 1. The zero-order valence-electron chi connectivity index (χ0n) is 24.9. The number of carbonyl (C=O) groups is 1. The lowest BCUT2D eigenvalue weighted by atomic mass is 9.99. The third-order valence-electron chi connectivity index (χ3n) is 9.09. The molecule has 1 unspecified atom stereocenters. The molecular formula is C33H39N7O3. The van der Waals surface area contributed by atoms with E-state index in [1.54, 1.807) is 4.90 Å². The van der Waals surface area contributed by atoms with E-state index in [1.165, 1.54) is 28.1 Å². The number of rotatable bonds is 7. The number of nitrogens with zero attached hydrogens (tertiary/aromatic N) is 7. The van der Waals surface area contributed by atoms with Crippen LogP contribution in [0.2, 0.25) is 0 Å². The molecule has 2 fully saturated rings. The molecule has 0 bridgehead atoms. The van der Waals surface area contributed by atoms with Crippen LogP contribution in [0, 0.1) is 18.3 Å². The lowest BCUT2D eigenvalue weighted by Gasteiger charge is -2.42. The molecule has 4 heterocycles. The monoisotopic (exact) mass is 581 g/mol. The summed E-state index contributed by atoms with van der Waals surface area (Å²) in [4.78, 5) is 30.9. The van der Waals surface area contributed by atoms with Crippen LogP contribution in [-0.2, 0) is 17.8 Å². The van der Waals surface area contributed by atoms with Crippen molar-refractivity contribution in [3.05, 3.63) is 65.9 Å². The molecule has 3 atom stereocenters. The van der Waals surface area contributed by atoms with Gasteiger partial charge in [-0.15, -0.1) is 0 Å². The second kappa shape index (κ2) is 12.2. The molecule has 1 N–H and O–H groups in total. The largest absolute Gasteiger partial charge is 0.462 e. The number of aliphatic hydroxyl groups excluding tert-OH is 1. The summed E-state index contributed by atoms with van der Waals surface area (Å²) in [5.74, 6) is 0.666. The quantitative estimate of drug-likeness (QED) is 0.421. The lowest BCUT2D eigenvalue weighted by molar-refractivity contribution is -0.128. The van der Waals surface area contributed by atoms with Crippen molar-refractivity contribution in [3.8, 4) is 12.1 Å². The first-order valence-corrected chi connectivity index (χ1v) is 15.1. The first-order valence-electron chi connectivity index (χ1n) is 15.1. The summed E-state index contributed by atoms with van der Waals surface area (Å²) in [6.45, 7) is 9.82. The van der Waals surface area contributed by atoms with Gasteiger partial charge in [-0.3, -0.25) is 9.69 Å². The van der Waals surface area contributed by atoms with Crippen LogP contribution < -0.4 is 14.5 Å². The number of aryl methyl sites for hydroxylation is 1. The molecule has 0 radical (unpaired) electrons. The normalized spacial score (nSPS) is 22.4. The highest BCUT2D eigenvalue weighted by atomic mass is 16.5. The molecule has 3 aromatic rings. The van der Waals surface area contributed by atoms with Gasteiger partial charge >= 0.3 is 6.01 Å². The van der Waals surface area contributed by atoms with Crippen LogP contribution in [0.5, 0.6) is 6.01 Å². The Kier molecular flexibility index (Phi) is 8.19. The van der Waals surface area contributed by atoms with E-state index in [2.05, 4.69) is 70.7 Å². The van der Waals surface area contributed by atoms with Crippen LogP contribution in [0.15, 0.2) is 49.1 Å². The number of hydrogen-bond donors (Lipinski definition) is 1. The van der Waals surface area contributed by atoms with Crippen molar-refractivity contribution >= 4 is 28.2 Å². The maximum Gasteiger partial charge on any atom is 0.318 e. The fourth-order valence-corrected chi connectivity index (χ4v) is 6.84. The lowest BCUT2D eigenvalue weighted by Crippen LogP contribution is -2.55. The van der Waals surface area contributed by atoms with Crippen LogP contribution in [0.25, 0.3) is 10.8 Å². The standard InChI is InChI=1S/C33H39N7O3/c1-4-30(42)40-16-15-39(18-24(40)11-13-34)32-27-12-14-38(29-10-6-9-23-8-5-7-22(2)31(23)29)20-28(27)35-33(36-32)43-21-25-17-26(41)19-37(25)3/h4-10,24-26,41H,1,11-12,14-21H2,2-3H3/t24-,25-,26?/m0/s1. The fourth-order valence-electron chi connectivity index (χ4n) is 6.84. The van der Waals surface area contributed by atoms with E-state index >= 15 is 0 Å². The second-order valence-corrected chi connectivity index (χ2v) is 11.9. The molecule has 43 heavy (non-hydrogen) atoms. The van der Waals surface area contributed by atoms with E-state index in [0.717, 1.165) is 30.0 Å². The summed E-state index contributed by atoms with van der Waals surface area (Å²) >= 11 is 0. The number of fused-ring (bicyclic) bond motifs is 2. The summed E-state index contributed by atoms with van der Waals surface area (Å²) in [7, 11) is 1.99. The van der Waals surface area contributed by atoms with E-state index in [0.29, 0.717) is 51.8 Å². The van der Waals surface area contributed by atoms with Gasteiger partial charge in [-0.25, -0.2) is 0 Å². The third-order valence-corrected chi connectivity index (χ3v) is 9.09. The maximum atomic E-state index is 12.5. The van der Waals surface area contributed by atoms with Crippen LogP contribution in [0.1, 0.15) is 29.7 Å². The van der Waals surface area contributed by atoms with Crippen molar-refractivity contribution in [1.82, 2.24) is 19.8 Å². The number of anilines is 2. The molecule has 6 rings (SSSR count). The Bertz CT molecular complexity index is 1560. The number of likely N-dealkylation sites (tertiary alicyclic amines) is 1. The predicted molar refractivity (Wildman–Crippen MR) is 166 cm³/mol. The summed E-state index contributed by atoms with van der Waals surface area (Å²) < 4.78 is 6.24. The van der Waals surface area contributed by atoms with Crippen molar-refractivity contribution in [3.63, 3.8) is 0 Å². The number of nitriles is 1. The van der Waals surface area contributed by atoms with Crippen molar-refractivity contribution in [2.24, 2.45) is 0 Å². The van der Waals surface area contributed by atoms with Gasteiger partial charge in [0.05, 0.1) is 36.9 Å². The van der Waals surface area contributed by atoms with Gasteiger partial charge in [0, 0.05) is 55.4 Å². The Labute approximate surface area is 252 Å². The zero-order chi connectivity index (χ0) is 30.1. The Hall–Kier alpha value is -4.20. The highest BCUT2D eigenvalue weighted by Crippen LogP contribution is 2.36. The van der Waals surface area contributed by atoms with Gasteiger partial charge in [0.15, 0.2) is 0 Å². The molecule has 0 aliphatic carbocycles. The predicted octanol–water partition coefficient (Wildman–Crippen LogP) is 3.06. The molecule has 3 aliphatic heterocycles. The molecule has 2 aromatic carbocycles. The first-order chi connectivity index (χ1) is 20.9. The average molecular weight is 582 g/mol. The SMILES string of the molecule is C=CC(=O)N1CCN(c2nc(OC[C@@H]3CC(O)CN3C)nc3c2CCN(c2cccc4cccc(C)c24)C3)C[C@@H]1CC#N. The number of β-amino-alcohol motifs (C(OH)–C–C–N with tert-alkyl or cyclic N) is 1. The smallest absolute Gasteiger partial charge is 0.318 e. The Balaban J connectivity index is 1.34. The van der Waals surface area contributed by atoms with Crippen LogP contribution in [0.4, 0.5) is 11.5 Å². The molecule has 10 nitrogen and oxygen atoms in total. The molecule has 3 aliphatic rings. The molecular weight excluding hydrogens is 542 g/mol. The Morgan fingerprint density at radius 1 is 1.14 bits per heavy atom. The van der Waals surface area contributed by atoms with Gasteiger partial charge in [0.1, 0.15) is 12.4 Å². The number of ether oxygens (including phenoxy) is 1. The number of likely N-dealkylation sites (N-methyl/N-ethyl adjacent to an activating group) is 1. The molecule has 0 saturated carbocycles. The highest BCUT2D eigenvalue weighted by Gasteiger charge is 2.34. The van der Waals surface area contributed by atoms with Gasteiger partial charge in [-0.1, -0.05) is 36.9 Å². The van der Waals surface area contributed by atoms with Gasteiger partial charge in [0.25, 0.3) is 0 Å². The van der Waals surface area contributed by atoms with E-state index in [9.17, 15) is 15.2 Å². The van der Waals surface area contributed by atoms with Crippen molar-refractivity contribution in [1.29, 1.82) is 5.26 Å². The topological polar surface area (TPSA) is 109 Å². The van der Waals surface area contributed by atoms with E-state index in [-0.39, 0.29) is 30.5 Å². The summed E-state index contributed by atoms with van der Waals surface area (Å²) in [5, 5.41) is 22.1. The number of carbonyl (C=O) groups excluding carboxylic acids is 1. The minimum Gasteiger partial charge on any atom is -0.462 e. The van der Waals surface area contributed by atoms with Crippen molar-refractivity contribution in [2.45, 2.75) is 50.9 Å². The van der Waals surface area contributed by atoms with Crippen molar-refractivity contribution < 1.29 is 14.6 Å². The molecule has 10 heteroatoms. The van der Waals surface area contributed by atoms with Crippen LogP contribution in [0.3, 0.4) is 0 Å². The zero-order valence-corrected chi connectivity index (χ0v) is 24.9. The van der Waals surface area contributed by atoms with Gasteiger partial charge < -0.3 is 24.5 Å². The first kappa shape index (κ1) is 28.9. The van der Waals surface area contributed by atoms with Gasteiger partial charge in [-0.05, 0) is 49.9 Å². The molecule has 1 aromatic heterocycles. The summed E-state index contributed by atoms with van der Waals surface area (Å²) in [6.07, 6.45) is 2.61. The Morgan fingerprint density at radius 3 is 2.70 bits per heavy atom. The van der Waals surface area contributed by atoms with Crippen molar-refractivity contribution in [2.75, 3.05) is 56.2 Å². The molecule has 1 amide bonds. The molecule has 224 valence electrons. The summed E-state index contributed by atoms with van der Waals surface area (Å²) in [6, 6.07) is 15.2. The van der Waals surface area contributed by atoms with E-state index < -0.39 is 0 Å². The third kappa shape index (κ3) is 5.75. The molecule has 2 saturated heterocycles. The molecule has 0 spiro atoms. The average Bonchev–Trinajstić information content (AvgIpc) is 3.35. The van der Waals surface area contributed by atoms with Crippen LogP contribution in [-0.4, -0.2) is 95.3 Å². The number of hydrogen-bond acceptors (Lipinski definition) is 9. The summed E-state index contributed by atoms with van der Waals surface area (Å²) in [5.41, 5.74) is 4.45. The maximum absolute atomic E-state index is 12.5. The van der Waals surface area contributed by atoms with E-state index in [1.807, 2.05) is 7.05 Å². The minimum atomic E-state index is -0.358. The van der Waals surface area contributed by atoms with E-state index in [4.69, 9.17) is 14.7 Å². The number of benzene rings is 2. The van der Waals surface area contributed by atoms with Gasteiger partial charge in [0.2, 0.25) is 5.91 Å². The highest BCUT2D eigenvalue weighted by molar-refractivity contribution is 5.97. The minimum absolute atomic E-state index is 0.0849. The second-order valence-electron chi connectivity index (χ2n) is 11.9.